The molecule has 0 fully saturated rings. The molecule has 2 aromatic rings. The Morgan fingerprint density at radius 2 is 1.88 bits per heavy atom. The van der Waals surface area contributed by atoms with Gasteiger partial charge in [-0.25, -0.2) is 0 Å². The van der Waals surface area contributed by atoms with Crippen LogP contribution in [0, 0.1) is 11.3 Å². The molecule has 4 nitrogen and oxygen atoms in total. The lowest BCUT2D eigenvalue weighted by atomic mass is 9.72. The van der Waals surface area contributed by atoms with Crippen molar-refractivity contribution in [2.45, 2.75) is 46.2 Å². The molecule has 26 heavy (non-hydrogen) atoms. The summed E-state index contributed by atoms with van der Waals surface area (Å²) in [4.78, 5) is 14.2. The number of anilines is 1. The molecule has 1 aromatic carbocycles. The summed E-state index contributed by atoms with van der Waals surface area (Å²) in [5.74, 6) is 1.54. The number of amides is 1. The van der Waals surface area contributed by atoms with E-state index in [0.717, 1.165) is 41.1 Å². The van der Waals surface area contributed by atoms with Gasteiger partial charge in [0.2, 0.25) is 0 Å². The molecule has 2 heterocycles. The van der Waals surface area contributed by atoms with E-state index in [2.05, 4.69) is 31.4 Å². The third-order valence-corrected chi connectivity index (χ3v) is 6.90. The minimum atomic E-state index is -0.195. The first-order valence-corrected chi connectivity index (χ1v) is 10.0. The molecule has 2 aliphatic rings. The summed E-state index contributed by atoms with van der Waals surface area (Å²) in [6.45, 7) is 6.96. The molecule has 1 aliphatic carbocycles. The van der Waals surface area contributed by atoms with Gasteiger partial charge in [0, 0.05) is 4.88 Å². The van der Waals surface area contributed by atoms with Gasteiger partial charge in [-0.2, -0.15) is 0 Å². The van der Waals surface area contributed by atoms with Crippen molar-refractivity contribution in [3.8, 4) is 5.75 Å². The van der Waals surface area contributed by atoms with Crippen LogP contribution in [0.15, 0.2) is 24.3 Å². The SMILES string of the molecule is COc1ccc(C2NC(=O)c3c(sc4c3CCC(C(C)(C)C)C4)N2)cc1. The summed E-state index contributed by atoms with van der Waals surface area (Å²) in [5, 5.41) is 7.68. The molecular weight excluding hydrogens is 344 g/mol. The average Bonchev–Trinajstić information content (AvgIpc) is 2.99. The summed E-state index contributed by atoms with van der Waals surface area (Å²) in [5.41, 5.74) is 3.48. The van der Waals surface area contributed by atoms with Crippen LogP contribution >= 0.6 is 11.3 Å². The smallest absolute Gasteiger partial charge is 0.256 e. The number of hydrogen-bond donors (Lipinski definition) is 2. The van der Waals surface area contributed by atoms with Crippen molar-refractivity contribution in [1.82, 2.24) is 5.32 Å². The fourth-order valence-electron chi connectivity index (χ4n) is 4.00. The van der Waals surface area contributed by atoms with Crippen molar-refractivity contribution in [2.75, 3.05) is 12.4 Å². The highest BCUT2D eigenvalue weighted by atomic mass is 32.1. The van der Waals surface area contributed by atoms with Crippen molar-refractivity contribution < 1.29 is 9.53 Å². The van der Waals surface area contributed by atoms with Gasteiger partial charge in [-0.15, -0.1) is 11.3 Å². The first-order chi connectivity index (χ1) is 12.4. The summed E-state index contributed by atoms with van der Waals surface area (Å²) >= 11 is 1.77. The monoisotopic (exact) mass is 370 g/mol. The fourth-order valence-corrected chi connectivity index (χ4v) is 5.35. The summed E-state index contributed by atoms with van der Waals surface area (Å²) in [6, 6.07) is 7.83. The maximum absolute atomic E-state index is 12.8. The highest BCUT2D eigenvalue weighted by Crippen LogP contribution is 2.46. The second-order valence-corrected chi connectivity index (χ2v) is 9.44. The van der Waals surface area contributed by atoms with Crippen LogP contribution in [0.1, 0.15) is 59.7 Å². The third kappa shape index (κ3) is 2.98. The van der Waals surface area contributed by atoms with E-state index < -0.39 is 0 Å². The first-order valence-electron chi connectivity index (χ1n) is 9.22. The van der Waals surface area contributed by atoms with E-state index in [9.17, 15) is 4.79 Å². The molecule has 2 unspecified atom stereocenters. The molecule has 1 amide bonds. The van der Waals surface area contributed by atoms with Crippen molar-refractivity contribution in [3.63, 3.8) is 0 Å². The number of methoxy groups -OCH3 is 1. The molecule has 0 saturated carbocycles. The molecule has 0 spiro atoms. The Morgan fingerprint density at radius 1 is 1.15 bits per heavy atom. The molecule has 0 radical (unpaired) electrons. The summed E-state index contributed by atoms with van der Waals surface area (Å²) in [7, 11) is 1.66. The minimum Gasteiger partial charge on any atom is -0.497 e. The number of carbonyl (C=O) groups is 1. The highest BCUT2D eigenvalue weighted by molar-refractivity contribution is 7.16. The number of nitrogens with one attached hydrogen (secondary N) is 2. The molecule has 2 N–H and O–H groups in total. The molecule has 1 aromatic heterocycles. The van der Waals surface area contributed by atoms with E-state index >= 15 is 0 Å². The van der Waals surface area contributed by atoms with Gasteiger partial charge >= 0.3 is 0 Å². The second-order valence-electron chi connectivity index (χ2n) is 8.34. The van der Waals surface area contributed by atoms with Gasteiger partial charge in [-0.3, -0.25) is 4.79 Å². The molecule has 0 bridgehead atoms. The van der Waals surface area contributed by atoms with Crippen LogP contribution < -0.4 is 15.4 Å². The van der Waals surface area contributed by atoms with Crippen molar-refractivity contribution in [3.05, 3.63) is 45.8 Å². The Balaban J connectivity index is 1.62. The zero-order valence-electron chi connectivity index (χ0n) is 15.8. The number of fused-ring (bicyclic) bond motifs is 3. The Bertz CT molecular complexity index is 833. The molecule has 2 atom stereocenters. The van der Waals surface area contributed by atoms with Gasteiger partial charge < -0.3 is 15.4 Å². The zero-order valence-corrected chi connectivity index (χ0v) is 16.6. The maximum Gasteiger partial charge on any atom is 0.256 e. The van der Waals surface area contributed by atoms with E-state index in [-0.39, 0.29) is 12.1 Å². The fraction of sp³-hybridized carbons (Fsp3) is 0.476. The Morgan fingerprint density at radius 3 is 2.54 bits per heavy atom. The quantitative estimate of drug-likeness (QED) is 0.801. The van der Waals surface area contributed by atoms with Crippen LogP contribution in [0.5, 0.6) is 5.75 Å². The molecular formula is C21H26N2O2S. The van der Waals surface area contributed by atoms with Crippen molar-refractivity contribution >= 4 is 22.2 Å². The van der Waals surface area contributed by atoms with E-state index in [1.54, 1.807) is 18.4 Å². The topological polar surface area (TPSA) is 50.4 Å². The number of thiophene rings is 1. The summed E-state index contributed by atoms with van der Waals surface area (Å²) in [6.07, 6.45) is 3.05. The standard InChI is InChI=1S/C21H26N2O2S/c1-21(2,3)13-7-10-15-16(11-13)26-20-17(15)19(24)22-18(23-20)12-5-8-14(25-4)9-6-12/h5-6,8-9,13,18,23H,7,10-11H2,1-4H3,(H,22,24). The van der Waals surface area contributed by atoms with E-state index in [1.165, 1.54) is 10.4 Å². The van der Waals surface area contributed by atoms with E-state index in [0.29, 0.717) is 11.3 Å². The lowest BCUT2D eigenvalue weighted by Gasteiger charge is -2.34. The lowest BCUT2D eigenvalue weighted by Crippen LogP contribution is -2.38. The molecule has 1 aliphatic heterocycles. The Kier molecular flexibility index (Phi) is 4.22. The number of ether oxygens (including phenoxy) is 1. The van der Waals surface area contributed by atoms with Gasteiger partial charge in [-0.05, 0) is 53.9 Å². The van der Waals surface area contributed by atoms with Gasteiger partial charge in [0.15, 0.2) is 0 Å². The predicted molar refractivity (Wildman–Crippen MR) is 106 cm³/mol. The molecule has 4 rings (SSSR count). The number of rotatable bonds is 2. The average molecular weight is 371 g/mol. The Labute approximate surface area is 159 Å². The van der Waals surface area contributed by atoms with Gasteiger partial charge in [0.25, 0.3) is 5.91 Å². The third-order valence-electron chi connectivity index (χ3n) is 5.72. The molecule has 5 heteroatoms. The lowest BCUT2D eigenvalue weighted by molar-refractivity contribution is 0.0935. The molecule has 0 saturated heterocycles. The van der Waals surface area contributed by atoms with Gasteiger partial charge in [0.05, 0.1) is 12.7 Å². The van der Waals surface area contributed by atoms with Crippen LogP contribution in [-0.4, -0.2) is 13.0 Å². The Hall–Kier alpha value is -2.01. The normalized spacial score (nSPS) is 22.1. The second kappa shape index (κ2) is 6.31. The maximum atomic E-state index is 12.8. The largest absolute Gasteiger partial charge is 0.497 e. The van der Waals surface area contributed by atoms with Crippen molar-refractivity contribution in [1.29, 1.82) is 0 Å². The van der Waals surface area contributed by atoms with Crippen LogP contribution in [0.2, 0.25) is 0 Å². The highest BCUT2D eigenvalue weighted by Gasteiger charge is 2.36. The van der Waals surface area contributed by atoms with Gasteiger partial charge in [-0.1, -0.05) is 32.9 Å². The number of carbonyl (C=O) groups excluding carboxylic acids is 1. The first kappa shape index (κ1) is 17.4. The minimum absolute atomic E-state index is 0.0475. The van der Waals surface area contributed by atoms with Crippen LogP contribution in [0.4, 0.5) is 5.00 Å². The van der Waals surface area contributed by atoms with Crippen LogP contribution in [-0.2, 0) is 12.8 Å². The summed E-state index contributed by atoms with van der Waals surface area (Å²) < 4.78 is 5.22. The van der Waals surface area contributed by atoms with Crippen molar-refractivity contribution in [2.24, 2.45) is 11.3 Å². The predicted octanol–water partition coefficient (Wildman–Crippen LogP) is 4.76. The van der Waals surface area contributed by atoms with Crippen LogP contribution in [0.25, 0.3) is 0 Å². The number of benzene rings is 1. The zero-order chi connectivity index (χ0) is 18.5. The molecule has 138 valence electrons. The van der Waals surface area contributed by atoms with E-state index in [1.807, 2.05) is 24.3 Å². The van der Waals surface area contributed by atoms with Crippen LogP contribution in [0.3, 0.4) is 0 Å². The number of hydrogen-bond acceptors (Lipinski definition) is 4. The van der Waals surface area contributed by atoms with Gasteiger partial charge in [0.1, 0.15) is 16.9 Å². The van der Waals surface area contributed by atoms with E-state index in [4.69, 9.17) is 4.74 Å².